The molecule has 5 aliphatic heterocycles. The second-order valence-electron chi connectivity index (χ2n) is 16.0. The second kappa shape index (κ2) is 22.6. The van der Waals surface area contributed by atoms with E-state index >= 15 is 0 Å². The lowest BCUT2D eigenvalue weighted by Gasteiger charge is -2.49. The number of hydrogen-bond donors (Lipinski definition) is 16. The molecule has 0 spiro atoms. The topological polar surface area (TPSA) is 468 Å². The molecule has 16 N–H and O–H groups in total. The summed E-state index contributed by atoms with van der Waals surface area (Å²) in [7, 11) is -5.29. The Kier molecular flexibility index (Phi) is 18.7. The van der Waals surface area contributed by atoms with Gasteiger partial charge < -0.3 is 120 Å². The molecule has 30 nitrogen and oxygen atoms in total. The van der Waals surface area contributed by atoms with Crippen LogP contribution in [0.5, 0.6) is 0 Å². The number of hydrogen-bond acceptors (Lipinski definition) is 27. The number of amides is 2. The monoisotopic (exact) mass is 974 g/mol. The van der Waals surface area contributed by atoms with E-state index in [0.29, 0.717) is 0 Å². The quantitative estimate of drug-likeness (QED) is 0.0639. The van der Waals surface area contributed by atoms with E-state index in [-0.39, 0.29) is 0 Å². The Balaban J connectivity index is 1.41. The number of carbonyl (C=O) groups excluding carboxylic acids is 2. The third-order valence-electron chi connectivity index (χ3n) is 11.3. The minimum Gasteiger partial charge on any atom is -0.394 e. The summed E-state index contributed by atoms with van der Waals surface area (Å²) in [6.07, 6.45) is -42.8. The maximum Gasteiger partial charge on any atom is 0.397 e. The highest BCUT2D eigenvalue weighted by Gasteiger charge is 2.56. The smallest absolute Gasteiger partial charge is 0.394 e. The van der Waals surface area contributed by atoms with Crippen molar-refractivity contribution in [1.82, 2.24) is 10.6 Å². The van der Waals surface area contributed by atoms with E-state index in [9.17, 15) is 88.9 Å². The summed E-state index contributed by atoms with van der Waals surface area (Å²) < 4.78 is 88.3. The number of aliphatic hydroxyl groups is 13. The summed E-state index contributed by atoms with van der Waals surface area (Å²) in [5.74, 6) is -1.64. The largest absolute Gasteiger partial charge is 0.397 e. The van der Waals surface area contributed by atoms with Gasteiger partial charge >= 0.3 is 10.4 Å². The Morgan fingerprint density at radius 1 is 0.508 bits per heavy atom. The highest BCUT2D eigenvalue weighted by molar-refractivity contribution is 7.80. The lowest BCUT2D eigenvalue weighted by molar-refractivity contribution is -0.383. The van der Waals surface area contributed by atoms with E-state index in [1.165, 1.54) is 6.92 Å². The first-order chi connectivity index (χ1) is 30.4. The molecular formula is C34H58N2O28S. The maximum atomic E-state index is 12.5. The van der Waals surface area contributed by atoms with Gasteiger partial charge in [-0.2, -0.15) is 8.42 Å². The van der Waals surface area contributed by atoms with Crippen molar-refractivity contribution in [2.24, 2.45) is 0 Å². The van der Waals surface area contributed by atoms with Gasteiger partial charge in [-0.15, -0.1) is 0 Å². The lowest BCUT2D eigenvalue weighted by atomic mass is 9.94. The van der Waals surface area contributed by atoms with Crippen molar-refractivity contribution in [2.75, 3.05) is 26.4 Å². The molecule has 5 rings (SSSR count). The van der Waals surface area contributed by atoms with Crippen molar-refractivity contribution in [2.45, 2.75) is 174 Å². The van der Waals surface area contributed by atoms with E-state index in [4.69, 9.17) is 42.6 Å². The van der Waals surface area contributed by atoms with Crippen LogP contribution in [0.4, 0.5) is 0 Å². The van der Waals surface area contributed by atoms with Gasteiger partial charge in [-0.3, -0.25) is 14.1 Å². The van der Waals surface area contributed by atoms with Crippen molar-refractivity contribution < 1.29 is 136 Å². The summed E-state index contributed by atoms with van der Waals surface area (Å²) in [5, 5.41) is 142. The molecule has 65 heavy (non-hydrogen) atoms. The maximum absolute atomic E-state index is 12.5. The fraction of sp³-hybridized carbons (Fsp3) is 0.941. The average Bonchev–Trinajstić information content (AvgIpc) is 3.24. The zero-order chi connectivity index (χ0) is 48.4. The number of aliphatic hydroxyl groups excluding tert-OH is 13. The van der Waals surface area contributed by atoms with Crippen molar-refractivity contribution in [1.29, 1.82) is 0 Å². The van der Waals surface area contributed by atoms with Crippen molar-refractivity contribution in [3.8, 4) is 0 Å². The molecule has 5 fully saturated rings. The van der Waals surface area contributed by atoms with Crippen LogP contribution in [0.3, 0.4) is 0 Å². The zero-order valence-corrected chi connectivity index (χ0v) is 35.5. The Morgan fingerprint density at radius 3 is 1.57 bits per heavy atom. The summed E-state index contributed by atoms with van der Waals surface area (Å²) in [6, 6.07) is -3.40. The molecule has 2 amide bonds. The normalized spacial score (nSPS) is 47.5. The lowest BCUT2D eigenvalue weighted by Crippen LogP contribution is -2.69. The van der Waals surface area contributed by atoms with Gasteiger partial charge in [0.2, 0.25) is 11.8 Å². The van der Waals surface area contributed by atoms with Crippen molar-refractivity contribution in [3.63, 3.8) is 0 Å². The summed E-state index contributed by atoms with van der Waals surface area (Å²) in [4.78, 5) is 24.6. The van der Waals surface area contributed by atoms with Gasteiger partial charge in [0.05, 0.1) is 32.5 Å². The Morgan fingerprint density at radius 2 is 1.00 bits per heavy atom. The van der Waals surface area contributed by atoms with Crippen LogP contribution >= 0.6 is 0 Å². The van der Waals surface area contributed by atoms with Crippen LogP contribution in [0.2, 0.25) is 0 Å². The standard InChI is InChI=1S/C34H58N2O28S/c1-8-17(41)22(46)25(49)32(57-8)64-29-24(48)19(43)12(5-38)60-34(29)62-27-14(7-56-65(52,53)54)61-31(15(21(27)45)35-9(2)39)55-6-13-20(44)28(16(30(51)58-13)36-10(3)40)63-33-26(50)23(47)18(42)11(4-37)59-33/h8,11-34,37-38,41-51H,4-7H2,1-3H3,(H,35,39)(H,36,40)(H,52,53,54)/t8-,11+,12+,13+,14+,15+,16+,17+,18-,19-,20-,21+,22+,23-,24-,25-,26+,27+,28+,29+,30-,31+,32-,33-,34-/m0/s1. The molecule has 378 valence electrons. The number of ether oxygens (including phenoxy) is 9. The SMILES string of the molecule is CC(=O)N[C@@H]1[C@@H](O[C@@H]2O[C@H](CO)[C@H](O)[C@H](O)[C@H]2O)[C@@H](O)[C@@H](CO[C@@H]2O[C@H](COS(=O)(=O)O)[C@@H](O[C@@H]3O[C@H](CO)[C@H](O)[C@H](O)[C@H]3O[C@@H]3O[C@@H](C)[C@@H](O)[C@@H](O)[C@@H]3O)[C@H](O)[C@H]2NC(C)=O)O[C@@H]1O. The van der Waals surface area contributed by atoms with Gasteiger partial charge in [0.1, 0.15) is 116 Å². The molecule has 0 unspecified atom stereocenters. The van der Waals surface area contributed by atoms with E-state index in [1.54, 1.807) is 0 Å². The molecule has 25 atom stereocenters. The number of carbonyl (C=O) groups is 2. The van der Waals surface area contributed by atoms with Gasteiger partial charge in [-0.05, 0) is 6.92 Å². The predicted octanol–water partition coefficient (Wildman–Crippen LogP) is -10.8. The molecule has 0 aromatic heterocycles. The Labute approximate surface area is 368 Å². The van der Waals surface area contributed by atoms with Crippen LogP contribution in [-0.2, 0) is 66.8 Å². The van der Waals surface area contributed by atoms with Crippen LogP contribution in [0.15, 0.2) is 0 Å². The van der Waals surface area contributed by atoms with E-state index in [1.807, 2.05) is 0 Å². The fourth-order valence-corrected chi connectivity index (χ4v) is 8.10. The predicted molar refractivity (Wildman–Crippen MR) is 199 cm³/mol. The molecule has 0 bridgehead atoms. The first kappa shape index (κ1) is 53.9. The van der Waals surface area contributed by atoms with E-state index in [0.717, 1.165) is 13.8 Å². The van der Waals surface area contributed by atoms with Crippen molar-refractivity contribution >= 4 is 22.2 Å². The number of rotatable bonds is 16. The van der Waals surface area contributed by atoms with Gasteiger partial charge in [0, 0.05) is 13.8 Å². The molecular weight excluding hydrogens is 916 g/mol. The second-order valence-corrected chi connectivity index (χ2v) is 17.1. The van der Waals surface area contributed by atoms with Gasteiger partial charge in [0.25, 0.3) is 0 Å². The fourth-order valence-electron chi connectivity index (χ4n) is 7.80. The minimum absolute atomic E-state index is 0.776. The van der Waals surface area contributed by atoms with Gasteiger partial charge in [-0.1, -0.05) is 0 Å². The molecule has 5 heterocycles. The number of nitrogens with one attached hydrogen (secondary N) is 2. The summed E-state index contributed by atoms with van der Waals surface area (Å²) in [6.45, 7) is -0.636. The molecule has 5 aliphatic rings. The average molecular weight is 975 g/mol. The Hall–Kier alpha value is -2.07. The summed E-state index contributed by atoms with van der Waals surface area (Å²) in [5.41, 5.74) is 0. The van der Waals surface area contributed by atoms with Crippen LogP contribution < -0.4 is 10.6 Å². The molecule has 0 saturated carbocycles. The van der Waals surface area contributed by atoms with Crippen LogP contribution in [0.25, 0.3) is 0 Å². The highest BCUT2D eigenvalue weighted by Crippen LogP contribution is 2.35. The first-order valence-electron chi connectivity index (χ1n) is 20.1. The molecule has 0 aliphatic carbocycles. The van der Waals surface area contributed by atoms with Crippen LogP contribution in [0, 0.1) is 0 Å². The molecule has 0 radical (unpaired) electrons. The van der Waals surface area contributed by atoms with Crippen LogP contribution in [0.1, 0.15) is 20.8 Å². The van der Waals surface area contributed by atoms with Gasteiger partial charge in [0.15, 0.2) is 31.5 Å². The third kappa shape index (κ3) is 12.6. The third-order valence-corrected chi connectivity index (χ3v) is 11.7. The van der Waals surface area contributed by atoms with Gasteiger partial charge in [-0.25, -0.2) is 4.18 Å². The molecule has 31 heteroatoms. The summed E-state index contributed by atoms with van der Waals surface area (Å²) >= 11 is 0. The molecule has 0 aromatic rings. The zero-order valence-electron chi connectivity index (χ0n) is 34.6. The minimum atomic E-state index is -5.29. The highest BCUT2D eigenvalue weighted by atomic mass is 32.3. The molecule has 5 saturated heterocycles. The van der Waals surface area contributed by atoms with Crippen molar-refractivity contribution in [3.05, 3.63) is 0 Å². The van der Waals surface area contributed by atoms with E-state index in [2.05, 4.69) is 14.8 Å². The molecule has 0 aromatic carbocycles. The van der Waals surface area contributed by atoms with E-state index < -0.39 is 202 Å². The first-order valence-corrected chi connectivity index (χ1v) is 21.5. The Bertz CT molecular complexity index is 1670. The van der Waals surface area contributed by atoms with Crippen LogP contribution in [-0.4, -0.2) is 271 Å².